The minimum absolute atomic E-state index is 0.104. The van der Waals surface area contributed by atoms with E-state index in [-0.39, 0.29) is 5.91 Å². The lowest BCUT2D eigenvalue weighted by Crippen LogP contribution is -2.39. The molecular weight excluding hydrogens is 310 g/mol. The molecule has 0 aliphatic carbocycles. The first-order valence-electron chi connectivity index (χ1n) is 5.76. The number of likely N-dealkylation sites (N-methyl/N-ethyl adjacent to an activating group) is 1. The fourth-order valence-corrected chi connectivity index (χ4v) is 2.03. The van der Waals surface area contributed by atoms with Crippen molar-refractivity contribution in [2.24, 2.45) is 0 Å². The molecule has 6 nitrogen and oxygen atoms in total. The van der Waals surface area contributed by atoms with E-state index in [1.54, 1.807) is 25.8 Å². The molecule has 7 heteroatoms. The first-order chi connectivity index (χ1) is 9.20. The van der Waals surface area contributed by atoms with Gasteiger partial charge in [0.25, 0.3) is 0 Å². The molecule has 1 amide bonds. The summed E-state index contributed by atoms with van der Waals surface area (Å²) >= 11 is 3.40. The lowest BCUT2D eigenvalue weighted by atomic mass is 10.1. The van der Waals surface area contributed by atoms with Gasteiger partial charge in [-0.05, 0) is 28.1 Å². The van der Waals surface area contributed by atoms with Gasteiger partial charge in [0.2, 0.25) is 5.91 Å². The zero-order valence-electron chi connectivity index (χ0n) is 10.4. The van der Waals surface area contributed by atoms with Gasteiger partial charge in [0, 0.05) is 31.6 Å². The molecule has 0 spiro atoms. The number of H-pyrrole nitrogens is 1. The summed E-state index contributed by atoms with van der Waals surface area (Å²) in [5, 5.41) is 5.76. The Labute approximate surface area is 119 Å². The number of halogens is 1. The highest BCUT2D eigenvalue weighted by Gasteiger charge is 2.19. The van der Waals surface area contributed by atoms with Gasteiger partial charge in [-0.25, -0.2) is 9.97 Å². The molecule has 0 radical (unpaired) electrons. The molecule has 0 fully saturated rings. The number of pyridine rings is 1. The number of hydrogen-bond acceptors (Lipinski definition) is 4. The Balaban J connectivity index is 2.14. The quantitative estimate of drug-likeness (QED) is 0.775. The number of imidazole rings is 1. The Morgan fingerprint density at radius 1 is 1.58 bits per heavy atom. The Morgan fingerprint density at radius 2 is 2.42 bits per heavy atom. The van der Waals surface area contributed by atoms with Crippen molar-refractivity contribution in [1.82, 2.24) is 20.3 Å². The molecule has 2 heterocycles. The predicted molar refractivity (Wildman–Crippen MR) is 75.7 cm³/mol. The predicted octanol–water partition coefficient (Wildman–Crippen LogP) is 1.34. The minimum atomic E-state index is -0.420. The molecule has 3 N–H and O–H groups in total. The average molecular weight is 324 g/mol. The zero-order valence-corrected chi connectivity index (χ0v) is 11.9. The van der Waals surface area contributed by atoms with E-state index in [0.717, 1.165) is 10.2 Å². The third kappa shape index (κ3) is 3.54. The molecule has 0 saturated heterocycles. The summed E-state index contributed by atoms with van der Waals surface area (Å²) in [7, 11) is 1.61. The largest absolute Gasteiger partial charge is 0.357 e. The minimum Gasteiger partial charge on any atom is -0.357 e. The van der Waals surface area contributed by atoms with Crippen LogP contribution >= 0.6 is 15.9 Å². The summed E-state index contributed by atoms with van der Waals surface area (Å²) in [4.78, 5) is 23.0. The van der Waals surface area contributed by atoms with Crippen molar-refractivity contribution in [3.8, 4) is 0 Å². The summed E-state index contributed by atoms with van der Waals surface area (Å²) in [5.41, 5.74) is 0.883. The number of nitrogens with zero attached hydrogens (tertiary/aromatic N) is 2. The number of aromatic amines is 1. The summed E-state index contributed by atoms with van der Waals surface area (Å²) in [6.45, 7) is 0. The van der Waals surface area contributed by atoms with E-state index < -0.39 is 6.04 Å². The van der Waals surface area contributed by atoms with Crippen molar-refractivity contribution in [2.45, 2.75) is 12.5 Å². The van der Waals surface area contributed by atoms with Crippen molar-refractivity contribution in [2.75, 3.05) is 12.4 Å². The highest BCUT2D eigenvalue weighted by molar-refractivity contribution is 9.10. The van der Waals surface area contributed by atoms with Crippen LogP contribution in [0.25, 0.3) is 0 Å². The number of hydrogen-bond donors (Lipinski definition) is 3. The lowest BCUT2D eigenvalue weighted by Gasteiger charge is -2.17. The summed E-state index contributed by atoms with van der Waals surface area (Å²) in [6.07, 6.45) is 5.46. The Bertz CT molecular complexity index is 543. The molecule has 0 aromatic carbocycles. The molecule has 19 heavy (non-hydrogen) atoms. The van der Waals surface area contributed by atoms with Gasteiger partial charge in [-0.2, -0.15) is 0 Å². The van der Waals surface area contributed by atoms with Crippen molar-refractivity contribution in [3.63, 3.8) is 0 Å². The third-order valence-corrected chi connectivity index (χ3v) is 3.25. The van der Waals surface area contributed by atoms with Crippen molar-refractivity contribution in [1.29, 1.82) is 0 Å². The van der Waals surface area contributed by atoms with Crippen LogP contribution in [0.4, 0.5) is 5.82 Å². The molecule has 0 aliphatic rings. The molecule has 0 aliphatic heterocycles. The second-order valence-electron chi connectivity index (χ2n) is 3.93. The molecule has 0 unspecified atom stereocenters. The second-order valence-corrected chi connectivity index (χ2v) is 4.78. The SMILES string of the molecule is CNC(=O)[C@H](Cc1cnc[nH]1)Nc1ncccc1Br. The highest BCUT2D eigenvalue weighted by Crippen LogP contribution is 2.19. The van der Waals surface area contributed by atoms with Crippen LogP contribution in [0.5, 0.6) is 0 Å². The van der Waals surface area contributed by atoms with Crippen LogP contribution in [-0.4, -0.2) is 33.9 Å². The summed E-state index contributed by atoms with van der Waals surface area (Å²) < 4.78 is 0.813. The normalized spacial score (nSPS) is 11.9. The van der Waals surface area contributed by atoms with Crippen LogP contribution in [-0.2, 0) is 11.2 Å². The van der Waals surface area contributed by atoms with Gasteiger partial charge in [-0.1, -0.05) is 0 Å². The van der Waals surface area contributed by atoms with Crippen LogP contribution in [0.1, 0.15) is 5.69 Å². The van der Waals surface area contributed by atoms with Crippen LogP contribution in [0.15, 0.2) is 35.3 Å². The summed E-state index contributed by atoms with van der Waals surface area (Å²) in [6, 6.07) is 3.27. The van der Waals surface area contributed by atoms with E-state index in [2.05, 4.69) is 41.5 Å². The Kier molecular flexibility index (Phi) is 4.51. The second kappa shape index (κ2) is 6.33. The van der Waals surface area contributed by atoms with Crippen molar-refractivity contribution >= 4 is 27.7 Å². The van der Waals surface area contributed by atoms with Gasteiger partial charge in [-0.15, -0.1) is 0 Å². The van der Waals surface area contributed by atoms with Crippen molar-refractivity contribution in [3.05, 3.63) is 41.0 Å². The topological polar surface area (TPSA) is 82.7 Å². The Hall–Kier alpha value is -1.89. The van der Waals surface area contributed by atoms with E-state index in [0.29, 0.717) is 12.2 Å². The number of carbonyl (C=O) groups is 1. The smallest absolute Gasteiger partial charge is 0.242 e. The number of anilines is 1. The van der Waals surface area contributed by atoms with Crippen molar-refractivity contribution < 1.29 is 4.79 Å². The van der Waals surface area contributed by atoms with Crippen LogP contribution < -0.4 is 10.6 Å². The van der Waals surface area contributed by atoms with Gasteiger partial charge in [0.15, 0.2) is 0 Å². The molecule has 2 aromatic rings. The first-order valence-corrected chi connectivity index (χ1v) is 6.56. The molecule has 100 valence electrons. The molecule has 0 bridgehead atoms. The highest BCUT2D eigenvalue weighted by atomic mass is 79.9. The molecule has 1 atom stereocenters. The monoisotopic (exact) mass is 323 g/mol. The fraction of sp³-hybridized carbons (Fsp3) is 0.250. The van der Waals surface area contributed by atoms with Crippen LogP contribution in [0, 0.1) is 0 Å². The number of aromatic nitrogens is 3. The van der Waals surface area contributed by atoms with Crippen LogP contribution in [0.2, 0.25) is 0 Å². The number of nitrogens with one attached hydrogen (secondary N) is 3. The maximum atomic E-state index is 11.9. The molecule has 0 saturated carbocycles. The Morgan fingerprint density at radius 3 is 3.05 bits per heavy atom. The number of amides is 1. The van der Waals surface area contributed by atoms with E-state index in [9.17, 15) is 4.79 Å². The average Bonchev–Trinajstić information content (AvgIpc) is 2.92. The first kappa shape index (κ1) is 13.5. The summed E-state index contributed by atoms with van der Waals surface area (Å²) in [5.74, 6) is 0.530. The maximum absolute atomic E-state index is 11.9. The van der Waals surface area contributed by atoms with Gasteiger partial charge in [0.05, 0.1) is 10.8 Å². The fourth-order valence-electron chi connectivity index (χ4n) is 1.66. The lowest BCUT2D eigenvalue weighted by molar-refractivity contribution is -0.121. The van der Waals surface area contributed by atoms with E-state index in [4.69, 9.17) is 0 Å². The molecule has 2 rings (SSSR count). The molecule has 2 aromatic heterocycles. The zero-order chi connectivity index (χ0) is 13.7. The van der Waals surface area contributed by atoms with E-state index >= 15 is 0 Å². The number of rotatable bonds is 5. The van der Waals surface area contributed by atoms with E-state index in [1.807, 2.05) is 12.1 Å². The standard InChI is InChI=1S/C12H14BrN5O/c1-14-12(19)10(5-8-6-15-7-17-8)18-11-9(13)3-2-4-16-11/h2-4,6-7,10H,5H2,1H3,(H,14,19)(H,15,17)(H,16,18)/t10-/m0/s1. The third-order valence-electron chi connectivity index (χ3n) is 2.61. The van der Waals surface area contributed by atoms with E-state index in [1.165, 1.54) is 0 Å². The van der Waals surface area contributed by atoms with Gasteiger partial charge >= 0.3 is 0 Å². The maximum Gasteiger partial charge on any atom is 0.242 e. The van der Waals surface area contributed by atoms with Gasteiger partial charge < -0.3 is 15.6 Å². The van der Waals surface area contributed by atoms with Gasteiger partial charge in [0.1, 0.15) is 11.9 Å². The number of carbonyl (C=O) groups excluding carboxylic acids is 1. The van der Waals surface area contributed by atoms with Gasteiger partial charge in [-0.3, -0.25) is 4.79 Å². The van der Waals surface area contributed by atoms with Crippen LogP contribution in [0.3, 0.4) is 0 Å². The molecular formula is C12H14BrN5O.